The van der Waals surface area contributed by atoms with Crippen LogP contribution >= 0.6 is 0 Å². The van der Waals surface area contributed by atoms with Gasteiger partial charge in [0.15, 0.2) is 0 Å². The van der Waals surface area contributed by atoms with E-state index in [1.807, 2.05) is 24.3 Å². The van der Waals surface area contributed by atoms with Crippen molar-refractivity contribution in [3.63, 3.8) is 0 Å². The molecule has 0 aromatic heterocycles. The second-order valence-electron chi connectivity index (χ2n) is 5.94. The number of nitrogens with one attached hydrogen (secondary N) is 3. The summed E-state index contributed by atoms with van der Waals surface area (Å²) in [5.74, 6) is -0.840. The number of anilines is 1. The Kier molecular flexibility index (Phi) is 6.46. The Morgan fingerprint density at radius 3 is 2.40 bits per heavy atom. The van der Waals surface area contributed by atoms with Crippen molar-refractivity contribution in [2.75, 3.05) is 5.32 Å². The number of nitrogen functional groups attached to an aromatic ring is 1. The molecule has 0 saturated carbocycles. The zero-order valence-electron chi connectivity index (χ0n) is 14.1. The lowest BCUT2D eigenvalue weighted by Crippen LogP contribution is -2.11. The molecule has 0 amide bonds. The average Bonchev–Trinajstić information content (AvgIpc) is 2.59. The number of allylic oxidation sites excluding steroid dienone is 1. The van der Waals surface area contributed by atoms with Gasteiger partial charge in [0.1, 0.15) is 5.84 Å². The minimum atomic E-state index is -0.931. The number of amidine groups is 1. The van der Waals surface area contributed by atoms with Crippen LogP contribution in [0.2, 0.25) is 0 Å². The quantitative estimate of drug-likeness (QED) is 0.306. The van der Waals surface area contributed by atoms with Crippen molar-refractivity contribution in [1.29, 1.82) is 10.8 Å². The van der Waals surface area contributed by atoms with Crippen molar-refractivity contribution in [3.8, 4) is 0 Å². The molecule has 0 radical (unpaired) electrons. The van der Waals surface area contributed by atoms with Gasteiger partial charge in [-0.05, 0) is 61.6 Å². The van der Waals surface area contributed by atoms with Gasteiger partial charge in [0, 0.05) is 22.5 Å². The summed E-state index contributed by atoms with van der Waals surface area (Å²) in [6.45, 7) is 4.02. The topological polar surface area (TPSA) is 85.8 Å². The summed E-state index contributed by atoms with van der Waals surface area (Å²) < 4.78 is 12.8. The van der Waals surface area contributed by atoms with Gasteiger partial charge < -0.3 is 11.1 Å². The fourth-order valence-corrected chi connectivity index (χ4v) is 2.53. The molecule has 0 aliphatic heterocycles. The molecule has 4 nitrogen and oxygen atoms in total. The molecule has 0 saturated heterocycles. The molecule has 2 rings (SSSR count). The van der Waals surface area contributed by atoms with Crippen LogP contribution in [0, 0.1) is 10.8 Å². The molecule has 2 aromatic carbocycles. The first-order valence-corrected chi connectivity index (χ1v) is 8.18. The van der Waals surface area contributed by atoms with Gasteiger partial charge in [-0.3, -0.25) is 10.8 Å². The highest BCUT2D eigenvalue weighted by molar-refractivity contribution is 5.95. The molecular weight excluding hydrogens is 315 g/mol. The third kappa shape index (κ3) is 5.88. The van der Waals surface area contributed by atoms with Gasteiger partial charge >= 0.3 is 0 Å². The van der Waals surface area contributed by atoms with Crippen molar-refractivity contribution in [2.45, 2.75) is 25.7 Å². The van der Waals surface area contributed by atoms with Crippen LogP contribution in [0.5, 0.6) is 0 Å². The van der Waals surface area contributed by atoms with Crippen LogP contribution in [0.3, 0.4) is 0 Å². The molecule has 0 heterocycles. The highest BCUT2D eigenvalue weighted by Gasteiger charge is 2.02. The van der Waals surface area contributed by atoms with Crippen molar-refractivity contribution >= 4 is 17.5 Å². The number of rotatable bonds is 9. The van der Waals surface area contributed by atoms with Crippen LogP contribution in [-0.4, -0.2) is 11.8 Å². The van der Waals surface area contributed by atoms with Crippen molar-refractivity contribution in [1.82, 2.24) is 0 Å². The molecule has 0 unspecified atom stereocenters. The number of aryl methyl sites for hydroxylation is 1. The first-order valence-electron chi connectivity index (χ1n) is 8.18. The fraction of sp³-hybridized carbons (Fsp3) is 0.200. The maximum Gasteiger partial charge on any atom is 0.212 e. The molecule has 130 valence electrons. The molecule has 0 aliphatic carbocycles. The Labute approximate surface area is 147 Å². The maximum absolute atomic E-state index is 12.8. The van der Waals surface area contributed by atoms with E-state index in [4.69, 9.17) is 16.6 Å². The third-order valence-electron chi connectivity index (χ3n) is 3.89. The number of unbranched alkanes of at least 4 members (excludes halogenated alkanes) is 1. The third-order valence-corrected chi connectivity index (χ3v) is 3.89. The predicted octanol–water partition coefficient (Wildman–Crippen LogP) is 4.60. The van der Waals surface area contributed by atoms with E-state index in [1.54, 1.807) is 24.3 Å². The van der Waals surface area contributed by atoms with E-state index < -0.39 is 5.97 Å². The minimum absolute atomic E-state index is 0.0911. The standard InChI is InChI=1S/C20H23FN4/c1-14(25-18-11-9-16(10-12-18)19(21)22)5-2-3-6-15-7-4-8-17(13-15)20(23)24/h4,7-13,22,25H,1-3,5-6H2,(H3,23,24). The van der Waals surface area contributed by atoms with Crippen LogP contribution in [0.1, 0.15) is 36.0 Å². The second kappa shape index (κ2) is 8.78. The number of hydrogen-bond donors (Lipinski definition) is 4. The van der Waals surface area contributed by atoms with E-state index in [0.717, 1.165) is 42.6 Å². The molecule has 2 aromatic rings. The van der Waals surface area contributed by atoms with Crippen LogP contribution < -0.4 is 11.1 Å². The van der Waals surface area contributed by atoms with E-state index in [-0.39, 0.29) is 11.4 Å². The van der Waals surface area contributed by atoms with Crippen LogP contribution in [-0.2, 0) is 6.42 Å². The van der Waals surface area contributed by atoms with Crippen molar-refractivity contribution in [2.24, 2.45) is 5.73 Å². The summed E-state index contributed by atoms with van der Waals surface area (Å²) in [6, 6.07) is 14.4. The molecule has 0 aliphatic rings. The van der Waals surface area contributed by atoms with E-state index in [2.05, 4.69) is 11.9 Å². The van der Waals surface area contributed by atoms with E-state index in [9.17, 15) is 4.39 Å². The SMILES string of the molecule is C=C(CCCCc1cccc(C(=N)N)c1)Nc1ccc(C(=N)F)cc1. The Morgan fingerprint density at radius 2 is 1.76 bits per heavy atom. The number of benzene rings is 2. The van der Waals surface area contributed by atoms with Crippen LogP contribution in [0.4, 0.5) is 10.1 Å². The van der Waals surface area contributed by atoms with Gasteiger partial charge in [0.25, 0.3) is 0 Å². The number of nitrogens with two attached hydrogens (primary N) is 1. The van der Waals surface area contributed by atoms with E-state index >= 15 is 0 Å². The lowest BCUT2D eigenvalue weighted by molar-refractivity contribution is 0.732. The van der Waals surface area contributed by atoms with Crippen LogP contribution in [0.15, 0.2) is 60.8 Å². The molecule has 0 atom stereocenters. The Bertz CT molecular complexity index is 766. The molecule has 0 spiro atoms. The molecule has 5 heteroatoms. The first-order chi connectivity index (χ1) is 12.0. The van der Waals surface area contributed by atoms with E-state index in [0.29, 0.717) is 0 Å². The van der Waals surface area contributed by atoms with Crippen molar-refractivity contribution < 1.29 is 4.39 Å². The largest absolute Gasteiger partial charge is 0.384 e. The van der Waals surface area contributed by atoms with Gasteiger partial charge in [-0.25, -0.2) is 0 Å². The van der Waals surface area contributed by atoms with Gasteiger partial charge in [-0.15, -0.1) is 0 Å². The minimum Gasteiger partial charge on any atom is -0.384 e. The van der Waals surface area contributed by atoms with Gasteiger partial charge in [-0.1, -0.05) is 24.8 Å². The summed E-state index contributed by atoms with van der Waals surface area (Å²) in [4.78, 5) is 0. The summed E-state index contributed by atoms with van der Waals surface area (Å²) in [5, 5.41) is 17.6. The smallest absolute Gasteiger partial charge is 0.212 e. The number of halogens is 1. The zero-order chi connectivity index (χ0) is 18.2. The summed E-state index contributed by atoms with van der Waals surface area (Å²) in [5.41, 5.74) is 9.45. The summed E-state index contributed by atoms with van der Waals surface area (Å²) in [6.07, 6.45) is 3.78. The summed E-state index contributed by atoms with van der Waals surface area (Å²) >= 11 is 0. The Morgan fingerprint density at radius 1 is 1.04 bits per heavy atom. The fourth-order valence-electron chi connectivity index (χ4n) is 2.53. The second-order valence-corrected chi connectivity index (χ2v) is 5.94. The lowest BCUT2D eigenvalue weighted by Gasteiger charge is -2.10. The summed E-state index contributed by atoms with van der Waals surface area (Å²) in [7, 11) is 0. The van der Waals surface area contributed by atoms with E-state index in [1.165, 1.54) is 5.56 Å². The Hall–Kier alpha value is -2.95. The lowest BCUT2D eigenvalue weighted by atomic mass is 10.0. The highest BCUT2D eigenvalue weighted by Crippen LogP contribution is 2.16. The highest BCUT2D eigenvalue weighted by atomic mass is 19.1. The number of hydrogen-bond acceptors (Lipinski definition) is 3. The van der Waals surface area contributed by atoms with Crippen molar-refractivity contribution in [3.05, 3.63) is 77.5 Å². The molecular formula is C20H23FN4. The predicted molar refractivity (Wildman–Crippen MR) is 102 cm³/mol. The molecule has 0 fully saturated rings. The molecule has 0 bridgehead atoms. The molecule has 25 heavy (non-hydrogen) atoms. The average molecular weight is 338 g/mol. The molecule has 5 N–H and O–H groups in total. The Balaban J connectivity index is 1.74. The van der Waals surface area contributed by atoms with Crippen LogP contribution in [0.25, 0.3) is 0 Å². The van der Waals surface area contributed by atoms with Gasteiger partial charge in [-0.2, -0.15) is 4.39 Å². The monoisotopic (exact) mass is 338 g/mol. The first kappa shape index (κ1) is 18.4. The van der Waals surface area contributed by atoms with Gasteiger partial charge in [0.05, 0.1) is 0 Å². The maximum atomic E-state index is 12.8. The van der Waals surface area contributed by atoms with Gasteiger partial charge in [0.2, 0.25) is 5.97 Å². The zero-order valence-corrected chi connectivity index (χ0v) is 14.1. The normalized spacial score (nSPS) is 10.3.